The molecule has 0 aliphatic carbocycles. The maximum Gasteiger partial charge on any atom is 0.372 e. The molecule has 1 fully saturated rings. The van der Waals surface area contributed by atoms with Crippen LogP contribution >= 0.6 is 0 Å². The molecular formula is C14H14N2O4. The Morgan fingerprint density at radius 3 is 2.95 bits per heavy atom. The highest BCUT2D eigenvalue weighted by Gasteiger charge is 2.24. The second-order valence-corrected chi connectivity index (χ2v) is 4.80. The number of carboxylic acid groups (broad SMARTS) is 1. The van der Waals surface area contributed by atoms with E-state index in [9.17, 15) is 14.7 Å². The first kappa shape index (κ1) is 12.7. The minimum Gasteiger partial charge on any atom is -0.475 e. The number of carbonyl (C=O) groups excluding carboxylic acids is 1. The van der Waals surface area contributed by atoms with E-state index in [0.29, 0.717) is 30.7 Å². The Bertz CT molecular complexity index is 677. The van der Waals surface area contributed by atoms with Gasteiger partial charge in [0.15, 0.2) is 0 Å². The van der Waals surface area contributed by atoms with Crippen LogP contribution in [0.3, 0.4) is 0 Å². The SMILES string of the molecule is O=C1CC(NCc2c(C(=O)O)oc3ccccc23)CN1. The summed E-state index contributed by atoms with van der Waals surface area (Å²) >= 11 is 0. The Morgan fingerprint density at radius 2 is 2.25 bits per heavy atom. The van der Waals surface area contributed by atoms with Crippen molar-refractivity contribution in [3.8, 4) is 0 Å². The summed E-state index contributed by atoms with van der Waals surface area (Å²) in [5.41, 5.74) is 1.18. The highest BCUT2D eigenvalue weighted by Crippen LogP contribution is 2.26. The number of carboxylic acids is 1. The smallest absolute Gasteiger partial charge is 0.372 e. The van der Waals surface area contributed by atoms with Crippen molar-refractivity contribution < 1.29 is 19.1 Å². The van der Waals surface area contributed by atoms with Crippen molar-refractivity contribution in [3.63, 3.8) is 0 Å². The third-order valence-corrected chi connectivity index (χ3v) is 3.44. The van der Waals surface area contributed by atoms with Gasteiger partial charge in [0.2, 0.25) is 11.7 Å². The minimum atomic E-state index is -1.08. The van der Waals surface area contributed by atoms with E-state index in [4.69, 9.17) is 4.42 Å². The highest BCUT2D eigenvalue weighted by molar-refractivity contribution is 5.95. The summed E-state index contributed by atoms with van der Waals surface area (Å²) in [6.07, 6.45) is 0.415. The van der Waals surface area contributed by atoms with Crippen molar-refractivity contribution >= 4 is 22.8 Å². The van der Waals surface area contributed by atoms with Crippen LogP contribution in [0.5, 0.6) is 0 Å². The van der Waals surface area contributed by atoms with Crippen molar-refractivity contribution in [2.45, 2.75) is 19.0 Å². The zero-order valence-electron chi connectivity index (χ0n) is 10.7. The molecule has 1 aliphatic rings. The molecule has 3 N–H and O–H groups in total. The Kier molecular flexibility index (Phi) is 3.15. The minimum absolute atomic E-state index is 0.0120. The maximum absolute atomic E-state index is 11.3. The molecule has 6 heteroatoms. The van der Waals surface area contributed by atoms with Gasteiger partial charge in [-0.3, -0.25) is 4.79 Å². The van der Waals surface area contributed by atoms with E-state index in [1.54, 1.807) is 12.1 Å². The van der Waals surface area contributed by atoms with Gasteiger partial charge >= 0.3 is 5.97 Å². The van der Waals surface area contributed by atoms with E-state index in [0.717, 1.165) is 5.39 Å². The molecule has 2 aromatic rings. The van der Waals surface area contributed by atoms with Crippen LogP contribution in [-0.2, 0) is 11.3 Å². The number of aromatic carboxylic acids is 1. The maximum atomic E-state index is 11.3. The second kappa shape index (κ2) is 4.97. The molecule has 0 radical (unpaired) electrons. The lowest BCUT2D eigenvalue weighted by Gasteiger charge is -2.09. The molecule has 1 amide bonds. The lowest BCUT2D eigenvalue weighted by Crippen LogP contribution is -2.30. The largest absolute Gasteiger partial charge is 0.475 e. The monoisotopic (exact) mass is 274 g/mol. The molecule has 1 unspecified atom stereocenters. The molecule has 104 valence electrons. The molecule has 1 atom stereocenters. The summed E-state index contributed by atoms with van der Waals surface area (Å²) in [5.74, 6) is -1.12. The van der Waals surface area contributed by atoms with Crippen molar-refractivity contribution in [1.29, 1.82) is 0 Å². The van der Waals surface area contributed by atoms with Crippen LogP contribution in [0.4, 0.5) is 0 Å². The van der Waals surface area contributed by atoms with Gasteiger partial charge in [-0.2, -0.15) is 0 Å². The second-order valence-electron chi connectivity index (χ2n) is 4.80. The zero-order chi connectivity index (χ0) is 14.1. The fourth-order valence-corrected chi connectivity index (χ4v) is 2.44. The number of para-hydroxylation sites is 1. The van der Waals surface area contributed by atoms with Crippen LogP contribution in [0.2, 0.25) is 0 Å². The van der Waals surface area contributed by atoms with E-state index >= 15 is 0 Å². The lowest BCUT2D eigenvalue weighted by atomic mass is 10.1. The third kappa shape index (κ3) is 2.25. The zero-order valence-corrected chi connectivity index (χ0v) is 10.7. The normalized spacial score (nSPS) is 18.4. The summed E-state index contributed by atoms with van der Waals surface area (Å²) in [7, 11) is 0. The Labute approximate surface area is 114 Å². The molecule has 20 heavy (non-hydrogen) atoms. The van der Waals surface area contributed by atoms with Crippen LogP contribution in [0.15, 0.2) is 28.7 Å². The average molecular weight is 274 g/mol. The van der Waals surface area contributed by atoms with Gasteiger partial charge in [-0.15, -0.1) is 0 Å². The number of rotatable bonds is 4. The van der Waals surface area contributed by atoms with Crippen molar-refractivity contribution in [3.05, 3.63) is 35.6 Å². The molecule has 1 aromatic carbocycles. The van der Waals surface area contributed by atoms with Gasteiger partial charge in [0.05, 0.1) is 0 Å². The number of hydrogen-bond donors (Lipinski definition) is 3. The molecule has 2 heterocycles. The number of carbonyl (C=O) groups is 2. The van der Waals surface area contributed by atoms with E-state index in [2.05, 4.69) is 10.6 Å². The van der Waals surface area contributed by atoms with Gasteiger partial charge in [-0.25, -0.2) is 4.79 Å². The Morgan fingerprint density at radius 1 is 1.45 bits per heavy atom. The fourth-order valence-electron chi connectivity index (χ4n) is 2.44. The molecule has 6 nitrogen and oxygen atoms in total. The van der Waals surface area contributed by atoms with Gasteiger partial charge in [0.1, 0.15) is 5.58 Å². The van der Waals surface area contributed by atoms with Crippen LogP contribution in [-0.4, -0.2) is 29.6 Å². The molecule has 0 saturated carbocycles. The van der Waals surface area contributed by atoms with Crippen LogP contribution in [0, 0.1) is 0 Å². The number of nitrogens with one attached hydrogen (secondary N) is 2. The first-order valence-corrected chi connectivity index (χ1v) is 6.39. The number of hydrogen-bond acceptors (Lipinski definition) is 4. The predicted molar refractivity (Wildman–Crippen MR) is 71.4 cm³/mol. The topological polar surface area (TPSA) is 91.6 Å². The van der Waals surface area contributed by atoms with Gasteiger partial charge in [0.25, 0.3) is 0 Å². The van der Waals surface area contributed by atoms with Crippen LogP contribution < -0.4 is 10.6 Å². The standard InChI is InChI=1S/C14H14N2O4/c17-12-5-8(6-16-12)15-7-10-9-3-1-2-4-11(9)20-13(10)14(18)19/h1-4,8,15H,5-7H2,(H,16,17)(H,18,19). The van der Waals surface area contributed by atoms with E-state index in [-0.39, 0.29) is 17.7 Å². The van der Waals surface area contributed by atoms with E-state index in [1.165, 1.54) is 0 Å². The lowest BCUT2D eigenvalue weighted by molar-refractivity contribution is -0.119. The van der Waals surface area contributed by atoms with Gasteiger partial charge in [0, 0.05) is 36.5 Å². The molecular weight excluding hydrogens is 260 g/mol. The van der Waals surface area contributed by atoms with Crippen LogP contribution in [0.25, 0.3) is 11.0 Å². The van der Waals surface area contributed by atoms with Crippen molar-refractivity contribution in [2.24, 2.45) is 0 Å². The summed E-state index contributed by atoms with van der Waals surface area (Å²) in [4.78, 5) is 22.4. The van der Waals surface area contributed by atoms with Crippen molar-refractivity contribution in [2.75, 3.05) is 6.54 Å². The summed E-state index contributed by atoms with van der Waals surface area (Å²) < 4.78 is 5.37. The molecule has 0 bridgehead atoms. The number of benzene rings is 1. The first-order valence-electron chi connectivity index (χ1n) is 6.39. The summed E-state index contributed by atoms with van der Waals surface area (Å²) in [6, 6.07) is 7.24. The summed E-state index contributed by atoms with van der Waals surface area (Å²) in [5, 5.41) is 15.9. The molecule has 3 rings (SSSR count). The van der Waals surface area contributed by atoms with Gasteiger partial charge in [-0.05, 0) is 6.07 Å². The Balaban J connectivity index is 1.87. The fraction of sp³-hybridized carbons (Fsp3) is 0.286. The van der Waals surface area contributed by atoms with E-state index in [1.807, 2.05) is 12.1 Å². The van der Waals surface area contributed by atoms with Gasteiger partial charge in [-0.1, -0.05) is 18.2 Å². The van der Waals surface area contributed by atoms with Crippen LogP contribution in [0.1, 0.15) is 22.5 Å². The van der Waals surface area contributed by atoms with Crippen molar-refractivity contribution in [1.82, 2.24) is 10.6 Å². The molecule has 1 aliphatic heterocycles. The number of furan rings is 1. The molecule has 1 saturated heterocycles. The number of amides is 1. The first-order chi connectivity index (χ1) is 9.65. The predicted octanol–water partition coefficient (Wildman–Crippen LogP) is 1.11. The van der Waals surface area contributed by atoms with Gasteiger partial charge < -0.3 is 20.2 Å². The Hall–Kier alpha value is -2.34. The number of fused-ring (bicyclic) bond motifs is 1. The third-order valence-electron chi connectivity index (χ3n) is 3.44. The highest BCUT2D eigenvalue weighted by atomic mass is 16.4. The van der Waals surface area contributed by atoms with E-state index < -0.39 is 5.97 Å². The molecule has 0 spiro atoms. The quantitative estimate of drug-likeness (QED) is 0.776. The average Bonchev–Trinajstić information content (AvgIpc) is 3.00. The summed E-state index contributed by atoms with van der Waals surface area (Å²) in [6.45, 7) is 0.926. The molecule has 1 aromatic heterocycles.